The standard InChI is InChI=1S/C13H20O2/c1-9-7-12-5-6-13(9,15-12)10-3-2-4-11(14)8-10/h5-6,9-12,14H,2-4,7-8H2,1H3. The van der Waals surface area contributed by atoms with Crippen molar-refractivity contribution < 1.29 is 9.84 Å². The van der Waals surface area contributed by atoms with Crippen molar-refractivity contribution in [2.45, 2.75) is 56.8 Å². The number of aliphatic hydroxyl groups is 1. The zero-order chi connectivity index (χ0) is 10.5. The molecule has 0 radical (unpaired) electrons. The van der Waals surface area contributed by atoms with E-state index < -0.39 is 0 Å². The summed E-state index contributed by atoms with van der Waals surface area (Å²) >= 11 is 0. The van der Waals surface area contributed by atoms with E-state index >= 15 is 0 Å². The van der Waals surface area contributed by atoms with Crippen molar-refractivity contribution >= 4 is 0 Å². The van der Waals surface area contributed by atoms with Gasteiger partial charge in [0.1, 0.15) is 0 Å². The molecule has 2 heterocycles. The van der Waals surface area contributed by atoms with Crippen molar-refractivity contribution in [2.75, 3.05) is 0 Å². The number of fused-ring (bicyclic) bond motifs is 2. The maximum Gasteiger partial charge on any atom is 0.0926 e. The second kappa shape index (κ2) is 3.33. The summed E-state index contributed by atoms with van der Waals surface area (Å²) in [5, 5.41) is 9.77. The van der Waals surface area contributed by atoms with Crippen LogP contribution < -0.4 is 0 Å². The molecule has 1 saturated carbocycles. The lowest BCUT2D eigenvalue weighted by atomic mass is 9.69. The maximum absolute atomic E-state index is 9.77. The number of aliphatic hydroxyl groups excluding tert-OH is 1. The molecule has 3 aliphatic rings. The molecule has 2 fully saturated rings. The smallest absolute Gasteiger partial charge is 0.0926 e. The number of hydrogen-bond donors (Lipinski definition) is 1. The van der Waals surface area contributed by atoms with Gasteiger partial charge < -0.3 is 9.84 Å². The molecule has 2 nitrogen and oxygen atoms in total. The average molecular weight is 208 g/mol. The Morgan fingerprint density at radius 1 is 1.33 bits per heavy atom. The number of rotatable bonds is 1. The van der Waals surface area contributed by atoms with E-state index in [9.17, 15) is 5.11 Å². The molecule has 0 aromatic rings. The lowest BCUT2D eigenvalue weighted by Gasteiger charge is -2.40. The van der Waals surface area contributed by atoms with Crippen molar-refractivity contribution in [1.29, 1.82) is 0 Å². The van der Waals surface area contributed by atoms with Crippen LogP contribution in [0.15, 0.2) is 12.2 Å². The second-order valence-corrected chi connectivity index (χ2v) is 5.52. The summed E-state index contributed by atoms with van der Waals surface area (Å²) in [6.07, 6.45) is 10.2. The van der Waals surface area contributed by atoms with Crippen LogP contribution >= 0.6 is 0 Å². The highest BCUT2D eigenvalue weighted by Crippen LogP contribution is 2.51. The normalized spacial score (nSPS) is 53.7. The largest absolute Gasteiger partial charge is 0.393 e. The second-order valence-electron chi connectivity index (χ2n) is 5.52. The molecule has 5 atom stereocenters. The fourth-order valence-corrected chi connectivity index (χ4v) is 3.75. The van der Waals surface area contributed by atoms with E-state index in [0.717, 1.165) is 19.3 Å². The molecule has 84 valence electrons. The molecule has 0 aromatic heterocycles. The zero-order valence-electron chi connectivity index (χ0n) is 9.36. The van der Waals surface area contributed by atoms with Crippen LogP contribution in [0, 0.1) is 11.8 Å². The Labute approximate surface area is 91.3 Å². The van der Waals surface area contributed by atoms with Crippen LogP contribution in [-0.4, -0.2) is 22.9 Å². The summed E-state index contributed by atoms with van der Waals surface area (Å²) < 4.78 is 6.14. The summed E-state index contributed by atoms with van der Waals surface area (Å²) in [6, 6.07) is 0. The highest BCUT2D eigenvalue weighted by Gasteiger charge is 2.52. The summed E-state index contributed by atoms with van der Waals surface area (Å²) in [5.74, 6) is 1.17. The predicted molar refractivity (Wildman–Crippen MR) is 58.5 cm³/mol. The minimum absolute atomic E-state index is 0.0218. The fourth-order valence-electron chi connectivity index (χ4n) is 3.75. The quantitative estimate of drug-likeness (QED) is 0.670. The van der Waals surface area contributed by atoms with Crippen LogP contribution in [0.25, 0.3) is 0 Å². The molecule has 1 N–H and O–H groups in total. The van der Waals surface area contributed by atoms with Crippen LogP contribution in [0.1, 0.15) is 39.0 Å². The van der Waals surface area contributed by atoms with E-state index in [1.165, 1.54) is 12.8 Å². The van der Waals surface area contributed by atoms with Crippen molar-refractivity contribution in [2.24, 2.45) is 11.8 Å². The lowest BCUT2D eigenvalue weighted by molar-refractivity contribution is -0.0597. The van der Waals surface area contributed by atoms with Crippen LogP contribution in [0.2, 0.25) is 0 Å². The first-order valence-electron chi connectivity index (χ1n) is 6.26. The van der Waals surface area contributed by atoms with Gasteiger partial charge >= 0.3 is 0 Å². The molecule has 0 spiro atoms. The lowest BCUT2D eigenvalue weighted by Crippen LogP contribution is -2.42. The van der Waals surface area contributed by atoms with Gasteiger partial charge in [-0.15, -0.1) is 0 Å². The van der Waals surface area contributed by atoms with Gasteiger partial charge in [0.25, 0.3) is 0 Å². The molecule has 3 rings (SSSR count). The topological polar surface area (TPSA) is 29.5 Å². The van der Waals surface area contributed by atoms with Gasteiger partial charge in [-0.05, 0) is 37.5 Å². The third-order valence-corrected chi connectivity index (χ3v) is 4.57. The highest BCUT2D eigenvalue weighted by atomic mass is 16.5. The van der Waals surface area contributed by atoms with Gasteiger partial charge in [-0.25, -0.2) is 0 Å². The van der Waals surface area contributed by atoms with E-state index in [0.29, 0.717) is 17.9 Å². The molecule has 2 bridgehead atoms. The van der Waals surface area contributed by atoms with Crippen molar-refractivity contribution in [1.82, 2.24) is 0 Å². The van der Waals surface area contributed by atoms with Gasteiger partial charge in [0.15, 0.2) is 0 Å². The molecular weight excluding hydrogens is 188 g/mol. The summed E-state index contributed by atoms with van der Waals surface area (Å²) in [4.78, 5) is 0. The van der Waals surface area contributed by atoms with Crippen LogP contribution in [0.4, 0.5) is 0 Å². The highest BCUT2D eigenvalue weighted by molar-refractivity contribution is 5.21. The van der Waals surface area contributed by atoms with Crippen molar-refractivity contribution in [3.63, 3.8) is 0 Å². The van der Waals surface area contributed by atoms with E-state index in [1.54, 1.807) is 0 Å². The molecule has 2 heteroatoms. The number of ether oxygens (including phenoxy) is 1. The predicted octanol–water partition coefficient (Wildman–Crippen LogP) is 2.27. The summed E-state index contributed by atoms with van der Waals surface area (Å²) in [6.45, 7) is 2.30. The third-order valence-electron chi connectivity index (χ3n) is 4.57. The SMILES string of the molecule is CC1CC2C=CC1(C1CCCC(O)C1)O2. The van der Waals surface area contributed by atoms with E-state index in [2.05, 4.69) is 19.1 Å². The van der Waals surface area contributed by atoms with E-state index in [4.69, 9.17) is 4.74 Å². The fraction of sp³-hybridized carbons (Fsp3) is 0.846. The first-order valence-corrected chi connectivity index (χ1v) is 6.26. The molecule has 0 aromatic carbocycles. The summed E-state index contributed by atoms with van der Waals surface area (Å²) in [5.41, 5.74) is -0.0218. The molecule has 15 heavy (non-hydrogen) atoms. The Kier molecular flexibility index (Phi) is 2.18. The van der Waals surface area contributed by atoms with Crippen LogP contribution in [-0.2, 0) is 4.74 Å². The maximum atomic E-state index is 9.77. The summed E-state index contributed by atoms with van der Waals surface area (Å²) in [7, 11) is 0. The van der Waals surface area contributed by atoms with Crippen molar-refractivity contribution in [3.05, 3.63) is 12.2 Å². The minimum Gasteiger partial charge on any atom is -0.393 e. The minimum atomic E-state index is -0.0954. The Bertz CT molecular complexity index is 286. The van der Waals surface area contributed by atoms with Gasteiger partial charge in [-0.2, -0.15) is 0 Å². The van der Waals surface area contributed by atoms with Crippen LogP contribution in [0.3, 0.4) is 0 Å². The molecule has 5 unspecified atom stereocenters. The Balaban J connectivity index is 1.83. The van der Waals surface area contributed by atoms with E-state index in [1.807, 2.05) is 0 Å². The molecular formula is C13H20O2. The van der Waals surface area contributed by atoms with Gasteiger partial charge in [0.2, 0.25) is 0 Å². The third kappa shape index (κ3) is 1.38. The first kappa shape index (κ1) is 9.86. The van der Waals surface area contributed by atoms with E-state index in [-0.39, 0.29) is 11.7 Å². The Morgan fingerprint density at radius 2 is 2.20 bits per heavy atom. The van der Waals surface area contributed by atoms with Crippen LogP contribution in [0.5, 0.6) is 0 Å². The monoisotopic (exact) mass is 208 g/mol. The number of hydrogen-bond acceptors (Lipinski definition) is 2. The zero-order valence-corrected chi connectivity index (χ0v) is 9.36. The van der Waals surface area contributed by atoms with Gasteiger partial charge in [0.05, 0.1) is 17.8 Å². The van der Waals surface area contributed by atoms with Crippen molar-refractivity contribution in [3.8, 4) is 0 Å². The molecule has 0 amide bonds. The molecule has 2 aliphatic heterocycles. The van der Waals surface area contributed by atoms with Gasteiger partial charge in [0, 0.05) is 0 Å². The Morgan fingerprint density at radius 3 is 2.80 bits per heavy atom. The average Bonchev–Trinajstić information content (AvgIpc) is 2.75. The van der Waals surface area contributed by atoms with Gasteiger partial charge in [-0.3, -0.25) is 0 Å². The van der Waals surface area contributed by atoms with Gasteiger partial charge in [-0.1, -0.05) is 25.5 Å². The Hall–Kier alpha value is -0.340. The first-order chi connectivity index (χ1) is 7.21. The molecule has 1 saturated heterocycles. The molecule has 1 aliphatic carbocycles.